The molecule has 0 aliphatic rings. The molecule has 0 bridgehead atoms. The third-order valence-electron chi connectivity index (χ3n) is 2.15. The summed E-state index contributed by atoms with van der Waals surface area (Å²) in [6, 6.07) is 8.27. The fourth-order valence-corrected chi connectivity index (χ4v) is 1.38. The van der Waals surface area contributed by atoms with Gasteiger partial charge in [0.15, 0.2) is 23.0 Å². The molecule has 2 heteroatoms. The highest BCUT2D eigenvalue weighted by atomic mass is 127. The quantitative estimate of drug-likeness (QED) is 0.760. The summed E-state index contributed by atoms with van der Waals surface area (Å²) < 4.78 is 5.05. The minimum Gasteiger partial charge on any atom is -0.428 e. The summed E-state index contributed by atoms with van der Waals surface area (Å²) in [7, 11) is 0. The summed E-state index contributed by atoms with van der Waals surface area (Å²) in [5.41, 5.74) is 1.38. The molecular formula is C10H13IO. The van der Waals surface area contributed by atoms with Gasteiger partial charge in [0.2, 0.25) is 0 Å². The molecule has 1 nitrogen and oxygen atoms in total. The van der Waals surface area contributed by atoms with Gasteiger partial charge in [-0.2, -0.15) is 0 Å². The Morgan fingerprint density at radius 3 is 2.33 bits per heavy atom. The lowest BCUT2D eigenvalue weighted by Crippen LogP contribution is -1.89. The lowest BCUT2D eigenvalue weighted by Gasteiger charge is -2.08. The maximum atomic E-state index is 5.05. The molecule has 0 radical (unpaired) electrons. The van der Waals surface area contributed by atoms with Gasteiger partial charge in [-0.05, 0) is 30.0 Å². The molecule has 1 unspecified atom stereocenters. The maximum absolute atomic E-state index is 5.05. The molecule has 66 valence electrons. The smallest absolute Gasteiger partial charge is 0.192 e. The van der Waals surface area contributed by atoms with Gasteiger partial charge in [-0.1, -0.05) is 26.0 Å². The van der Waals surface area contributed by atoms with Crippen molar-refractivity contribution in [2.45, 2.75) is 26.2 Å². The van der Waals surface area contributed by atoms with Crippen molar-refractivity contribution in [3.8, 4) is 5.75 Å². The van der Waals surface area contributed by atoms with Crippen molar-refractivity contribution in [1.29, 1.82) is 0 Å². The van der Waals surface area contributed by atoms with Crippen molar-refractivity contribution in [1.82, 2.24) is 0 Å². The summed E-state index contributed by atoms with van der Waals surface area (Å²) in [5, 5.41) is 0. The van der Waals surface area contributed by atoms with E-state index in [2.05, 4.69) is 26.0 Å². The summed E-state index contributed by atoms with van der Waals surface area (Å²) in [5.74, 6) is 1.57. The van der Waals surface area contributed by atoms with Crippen LogP contribution in [0.1, 0.15) is 31.7 Å². The Morgan fingerprint density at radius 1 is 1.33 bits per heavy atom. The zero-order chi connectivity index (χ0) is 8.97. The first kappa shape index (κ1) is 9.84. The predicted molar refractivity (Wildman–Crippen MR) is 59.8 cm³/mol. The Morgan fingerprint density at radius 2 is 1.92 bits per heavy atom. The zero-order valence-electron chi connectivity index (χ0n) is 7.38. The second-order valence-electron chi connectivity index (χ2n) is 2.96. The maximum Gasteiger partial charge on any atom is 0.192 e. The summed E-state index contributed by atoms with van der Waals surface area (Å²) in [6.07, 6.45) is 1.18. The Hall–Kier alpha value is -0.250. The van der Waals surface area contributed by atoms with E-state index in [9.17, 15) is 0 Å². The standard InChI is InChI=1S/C10H13IO/c1-3-8(2)9-4-6-10(12-11)7-5-9/h4-8H,3H2,1-2H3. The molecule has 0 aliphatic heterocycles. The van der Waals surface area contributed by atoms with Crippen LogP contribution >= 0.6 is 23.0 Å². The molecule has 1 rings (SSSR count). The van der Waals surface area contributed by atoms with Crippen LogP contribution in [0.4, 0.5) is 0 Å². The molecule has 1 aromatic carbocycles. The first-order valence-electron chi connectivity index (χ1n) is 4.16. The normalized spacial score (nSPS) is 12.6. The SMILES string of the molecule is CCC(C)c1ccc(OI)cc1. The van der Waals surface area contributed by atoms with Gasteiger partial charge in [-0.3, -0.25) is 0 Å². The van der Waals surface area contributed by atoms with Gasteiger partial charge < -0.3 is 3.07 Å². The predicted octanol–water partition coefficient (Wildman–Crippen LogP) is 3.93. The van der Waals surface area contributed by atoms with Crippen LogP contribution in [-0.4, -0.2) is 0 Å². The van der Waals surface area contributed by atoms with Crippen molar-refractivity contribution in [3.05, 3.63) is 29.8 Å². The molecule has 12 heavy (non-hydrogen) atoms. The Kier molecular flexibility index (Phi) is 3.85. The Balaban J connectivity index is 2.77. The van der Waals surface area contributed by atoms with Gasteiger partial charge in [-0.25, -0.2) is 0 Å². The van der Waals surface area contributed by atoms with Crippen molar-refractivity contribution >= 4 is 23.0 Å². The molecule has 0 saturated carbocycles. The first-order chi connectivity index (χ1) is 5.77. The molecule has 0 fully saturated rings. The number of hydrogen-bond donors (Lipinski definition) is 0. The average molecular weight is 276 g/mol. The first-order valence-corrected chi connectivity index (χ1v) is 5.04. The van der Waals surface area contributed by atoms with Crippen molar-refractivity contribution < 1.29 is 3.07 Å². The number of halogens is 1. The molecule has 0 heterocycles. The largest absolute Gasteiger partial charge is 0.428 e. The van der Waals surface area contributed by atoms with Crippen LogP contribution in [-0.2, 0) is 0 Å². The minimum absolute atomic E-state index is 0.647. The van der Waals surface area contributed by atoms with Crippen molar-refractivity contribution in [2.24, 2.45) is 0 Å². The van der Waals surface area contributed by atoms with E-state index in [0.717, 1.165) is 5.75 Å². The third-order valence-corrected chi connectivity index (χ3v) is 2.66. The van der Waals surface area contributed by atoms with E-state index in [0.29, 0.717) is 5.92 Å². The molecule has 0 amide bonds. The van der Waals surface area contributed by atoms with Crippen LogP contribution in [0, 0.1) is 0 Å². The summed E-state index contributed by atoms with van der Waals surface area (Å²) in [4.78, 5) is 0. The van der Waals surface area contributed by atoms with Crippen LogP contribution in [0.5, 0.6) is 5.75 Å². The minimum atomic E-state index is 0.647. The molecule has 0 saturated heterocycles. The molecule has 0 aliphatic carbocycles. The zero-order valence-corrected chi connectivity index (χ0v) is 9.54. The number of benzene rings is 1. The fraction of sp³-hybridized carbons (Fsp3) is 0.400. The fourth-order valence-electron chi connectivity index (χ4n) is 1.08. The molecule has 0 spiro atoms. The van der Waals surface area contributed by atoms with Crippen LogP contribution in [0.25, 0.3) is 0 Å². The molecule has 1 aromatic rings. The topological polar surface area (TPSA) is 9.23 Å². The highest BCUT2D eigenvalue weighted by molar-refractivity contribution is 14.1. The monoisotopic (exact) mass is 276 g/mol. The highest BCUT2D eigenvalue weighted by Crippen LogP contribution is 2.21. The van der Waals surface area contributed by atoms with Crippen LogP contribution in [0.2, 0.25) is 0 Å². The van der Waals surface area contributed by atoms with E-state index in [1.165, 1.54) is 12.0 Å². The summed E-state index contributed by atoms with van der Waals surface area (Å²) in [6.45, 7) is 4.44. The second kappa shape index (κ2) is 4.70. The van der Waals surface area contributed by atoms with E-state index < -0.39 is 0 Å². The van der Waals surface area contributed by atoms with Gasteiger partial charge in [0.1, 0.15) is 5.75 Å². The number of hydrogen-bond acceptors (Lipinski definition) is 1. The molecular weight excluding hydrogens is 263 g/mol. The Bertz CT molecular complexity index is 230. The van der Waals surface area contributed by atoms with E-state index in [-0.39, 0.29) is 0 Å². The summed E-state index contributed by atoms with van der Waals surface area (Å²) >= 11 is 1.89. The van der Waals surface area contributed by atoms with Gasteiger partial charge in [0.05, 0.1) is 0 Å². The second-order valence-corrected chi connectivity index (χ2v) is 3.40. The van der Waals surface area contributed by atoms with Crippen LogP contribution in [0.3, 0.4) is 0 Å². The van der Waals surface area contributed by atoms with E-state index in [1.54, 1.807) is 0 Å². The van der Waals surface area contributed by atoms with Gasteiger partial charge in [0, 0.05) is 0 Å². The lowest BCUT2D eigenvalue weighted by molar-refractivity contribution is 0.706. The highest BCUT2D eigenvalue weighted by Gasteiger charge is 2.01. The van der Waals surface area contributed by atoms with Gasteiger partial charge >= 0.3 is 0 Å². The van der Waals surface area contributed by atoms with Gasteiger partial charge in [-0.15, -0.1) is 0 Å². The Labute approximate surface area is 87.8 Å². The number of rotatable bonds is 3. The third kappa shape index (κ3) is 2.37. The van der Waals surface area contributed by atoms with Gasteiger partial charge in [0.25, 0.3) is 0 Å². The molecule has 0 N–H and O–H groups in total. The molecule has 1 atom stereocenters. The molecule has 0 aromatic heterocycles. The lowest BCUT2D eigenvalue weighted by atomic mass is 9.99. The van der Waals surface area contributed by atoms with Crippen molar-refractivity contribution in [3.63, 3.8) is 0 Å². The average Bonchev–Trinajstić information content (AvgIpc) is 2.17. The van der Waals surface area contributed by atoms with Crippen LogP contribution in [0.15, 0.2) is 24.3 Å². The van der Waals surface area contributed by atoms with Crippen molar-refractivity contribution in [2.75, 3.05) is 0 Å². The van der Waals surface area contributed by atoms with E-state index in [4.69, 9.17) is 3.07 Å². The van der Waals surface area contributed by atoms with E-state index >= 15 is 0 Å². The van der Waals surface area contributed by atoms with E-state index in [1.807, 2.05) is 35.1 Å². The van der Waals surface area contributed by atoms with Crippen LogP contribution < -0.4 is 3.07 Å².